The lowest BCUT2D eigenvalue weighted by Gasteiger charge is -2.51. The molecule has 446 valence electrons. The summed E-state index contributed by atoms with van der Waals surface area (Å²) in [6.45, 7) is 33.0. The van der Waals surface area contributed by atoms with E-state index in [-0.39, 0.29) is 39.3 Å². The topological polar surface area (TPSA) is 13.0 Å². The maximum Gasteiger partial charge on any atom is 0.252 e. The van der Waals surface area contributed by atoms with Crippen LogP contribution in [0.1, 0.15) is 150 Å². The standard InChI is InChI=1S/C84H87BN4/c1-79(2,3)58-35-41-62(42-36-58)86(63-43-37-59(38-44-63)80(4,5)6)64-45-48-73-68(53-64)83(13)49-25-26-50-84(83,14)89(73)65-54-76-78-77(55-65)88(72-47-40-61(82(10,11)12)52-67(72)57-29-19-16-20-30-57)75-34-24-22-32-70(75)85(78)69-31-21-23-33-74(69)87(76)71-46-39-60(81(7,8)9)51-66(71)56-27-17-15-18-28-56/h15-24,27-48,51-55H,25-26,49-50H2,1-14H3. The van der Waals surface area contributed by atoms with E-state index in [4.69, 9.17) is 0 Å². The predicted molar refractivity (Wildman–Crippen MR) is 384 cm³/mol. The molecule has 89 heavy (non-hydrogen) atoms. The Morgan fingerprint density at radius 1 is 0.360 bits per heavy atom. The molecule has 14 rings (SSSR count). The number of hydrogen-bond donors (Lipinski definition) is 0. The van der Waals surface area contributed by atoms with Crippen LogP contribution < -0.4 is 36.0 Å². The minimum absolute atomic E-state index is 0.0355. The largest absolute Gasteiger partial charge is 0.334 e. The van der Waals surface area contributed by atoms with Crippen molar-refractivity contribution in [3.8, 4) is 22.3 Å². The Morgan fingerprint density at radius 3 is 1.20 bits per heavy atom. The average molecular weight is 1160 g/mol. The first-order valence-electron chi connectivity index (χ1n) is 32.7. The molecule has 0 amide bonds. The summed E-state index contributed by atoms with van der Waals surface area (Å²) in [5.41, 5.74) is 28.2. The monoisotopic (exact) mass is 1160 g/mol. The molecule has 1 saturated carbocycles. The summed E-state index contributed by atoms with van der Waals surface area (Å²) in [5, 5.41) is 0. The van der Waals surface area contributed by atoms with E-state index in [1.165, 1.54) is 124 Å². The van der Waals surface area contributed by atoms with Crippen molar-refractivity contribution >= 4 is 85.7 Å². The molecule has 2 atom stereocenters. The fraction of sp³-hybridized carbons (Fsp3) is 0.286. The van der Waals surface area contributed by atoms with Gasteiger partial charge in [0.2, 0.25) is 0 Å². The first-order valence-corrected chi connectivity index (χ1v) is 32.7. The highest BCUT2D eigenvalue weighted by Crippen LogP contribution is 2.63. The van der Waals surface area contributed by atoms with E-state index in [1.54, 1.807) is 0 Å². The predicted octanol–water partition coefficient (Wildman–Crippen LogP) is 21.5. The summed E-state index contributed by atoms with van der Waals surface area (Å²) in [6.07, 6.45) is 4.50. The van der Waals surface area contributed by atoms with E-state index in [0.29, 0.717) is 0 Å². The number of hydrogen-bond acceptors (Lipinski definition) is 4. The van der Waals surface area contributed by atoms with Crippen LogP contribution in [0.3, 0.4) is 0 Å². The Bertz CT molecular complexity index is 4110. The minimum atomic E-state index is -0.276. The number of para-hydroxylation sites is 2. The maximum atomic E-state index is 2.83. The molecule has 0 radical (unpaired) electrons. The van der Waals surface area contributed by atoms with Crippen LogP contribution in [0.5, 0.6) is 0 Å². The van der Waals surface area contributed by atoms with Crippen LogP contribution in [0.15, 0.2) is 224 Å². The van der Waals surface area contributed by atoms with Gasteiger partial charge in [-0.25, -0.2) is 0 Å². The molecular weight excluding hydrogens is 1080 g/mol. The molecular formula is C84H87BN4. The van der Waals surface area contributed by atoms with Gasteiger partial charge in [-0.15, -0.1) is 0 Å². The zero-order valence-electron chi connectivity index (χ0n) is 55.1. The Morgan fingerprint density at radius 2 is 0.753 bits per heavy atom. The molecule has 2 unspecified atom stereocenters. The van der Waals surface area contributed by atoms with Crippen molar-refractivity contribution in [2.45, 2.75) is 155 Å². The Hall–Kier alpha value is -8.54. The highest BCUT2D eigenvalue weighted by atomic mass is 15.3. The third-order valence-electron chi connectivity index (χ3n) is 20.8. The van der Waals surface area contributed by atoms with Crippen LogP contribution in [0, 0.1) is 0 Å². The lowest BCUT2D eigenvalue weighted by molar-refractivity contribution is 0.195. The van der Waals surface area contributed by atoms with E-state index >= 15 is 0 Å². The van der Waals surface area contributed by atoms with E-state index in [2.05, 4.69) is 341 Å². The van der Waals surface area contributed by atoms with Gasteiger partial charge in [0.15, 0.2) is 0 Å². The maximum absolute atomic E-state index is 2.83. The second kappa shape index (κ2) is 21.0. The van der Waals surface area contributed by atoms with Crippen LogP contribution in [-0.2, 0) is 27.1 Å². The van der Waals surface area contributed by atoms with Gasteiger partial charge in [-0.1, -0.05) is 236 Å². The molecule has 0 aromatic heterocycles. The second-order valence-corrected chi connectivity index (χ2v) is 30.6. The first kappa shape index (κ1) is 58.2. The fourth-order valence-electron chi connectivity index (χ4n) is 15.6. The summed E-state index contributed by atoms with van der Waals surface area (Å²) >= 11 is 0. The van der Waals surface area contributed by atoms with Gasteiger partial charge in [0, 0.05) is 67.7 Å². The third kappa shape index (κ3) is 9.64. The highest BCUT2D eigenvalue weighted by Gasteiger charge is 2.58. The molecule has 0 spiro atoms. The molecule has 4 nitrogen and oxygen atoms in total. The van der Waals surface area contributed by atoms with Crippen LogP contribution in [-0.4, -0.2) is 12.3 Å². The third-order valence-corrected chi connectivity index (χ3v) is 20.8. The summed E-state index contributed by atoms with van der Waals surface area (Å²) in [5.74, 6) is 0. The van der Waals surface area contributed by atoms with Gasteiger partial charge >= 0.3 is 0 Å². The van der Waals surface area contributed by atoms with Crippen molar-refractivity contribution in [3.05, 3.63) is 252 Å². The first-order chi connectivity index (χ1) is 42.4. The van der Waals surface area contributed by atoms with Crippen molar-refractivity contribution in [3.63, 3.8) is 0 Å². The van der Waals surface area contributed by atoms with Gasteiger partial charge in [-0.2, -0.15) is 0 Å². The molecule has 0 bridgehead atoms. The van der Waals surface area contributed by atoms with E-state index in [9.17, 15) is 0 Å². The van der Waals surface area contributed by atoms with Gasteiger partial charge < -0.3 is 19.6 Å². The Kier molecular flexibility index (Phi) is 13.8. The molecule has 10 aromatic rings. The van der Waals surface area contributed by atoms with E-state index in [0.717, 1.165) is 30.6 Å². The zero-order chi connectivity index (χ0) is 62.2. The molecule has 4 aliphatic rings. The van der Waals surface area contributed by atoms with Crippen LogP contribution in [0.25, 0.3) is 22.3 Å². The minimum Gasteiger partial charge on any atom is -0.334 e. The molecule has 1 fully saturated rings. The summed E-state index contributed by atoms with van der Waals surface area (Å²) in [6, 6.07) is 86.8. The van der Waals surface area contributed by atoms with E-state index < -0.39 is 0 Å². The van der Waals surface area contributed by atoms with Crippen molar-refractivity contribution < 1.29 is 0 Å². The normalized spacial score (nSPS) is 17.8. The average Bonchev–Trinajstić information content (AvgIpc) is 1.69. The quantitative estimate of drug-likeness (QED) is 0.141. The molecule has 0 N–H and O–H groups in total. The number of fused-ring (bicyclic) bond motifs is 7. The Balaban J connectivity index is 1.06. The van der Waals surface area contributed by atoms with Gasteiger partial charge in [0.25, 0.3) is 6.71 Å². The molecule has 5 heteroatoms. The van der Waals surface area contributed by atoms with Gasteiger partial charge in [0.1, 0.15) is 0 Å². The van der Waals surface area contributed by atoms with Gasteiger partial charge in [-0.3, -0.25) is 0 Å². The van der Waals surface area contributed by atoms with Crippen LogP contribution in [0.2, 0.25) is 0 Å². The molecule has 0 saturated heterocycles. The molecule has 3 aliphatic heterocycles. The van der Waals surface area contributed by atoms with Crippen molar-refractivity contribution in [2.75, 3.05) is 19.6 Å². The summed E-state index contributed by atoms with van der Waals surface area (Å²) in [4.78, 5) is 10.7. The number of benzene rings is 10. The lowest BCUT2D eigenvalue weighted by atomic mass is 9.33. The second-order valence-electron chi connectivity index (χ2n) is 30.6. The fourth-order valence-corrected chi connectivity index (χ4v) is 15.6. The molecule has 3 heterocycles. The van der Waals surface area contributed by atoms with Gasteiger partial charge in [0.05, 0.1) is 16.9 Å². The van der Waals surface area contributed by atoms with Crippen LogP contribution in [0.4, 0.5) is 62.6 Å². The number of anilines is 11. The molecule has 10 aromatic carbocycles. The van der Waals surface area contributed by atoms with Gasteiger partial charge in [-0.05, 0) is 188 Å². The summed E-state index contributed by atoms with van der Waals surface area (Å²) < 4.78 is 0. The van der Waals surface area contributed by atoms with Crippen molar-refractivity contribution in [1.29, 1.82) is 0 Å². The number of rotatable bonds is 8. The van der Waals surface area contributed by atoms with Crippen molar-refractivity contribution in [1.82, 2.24) is 0 Å². The highest BCUT2D eigenvalue weighted by molar-refractivity contribution is 7.00. The van der Waals surface area contributed by atoms with Crippen LogP contribution >= 0.6 is 0 Å². The zero-order valence-corrected chi connectivity index (χ0v) is 55.1. The SMILES string of the molecule is CC(C)(C)c1ccc(N(c2ccc(C(C)(C)C)cc2)c2ccc3c(c2)C2(C)CCCCC2(C)N3c2cc3c4c(c2)N(c2ccc(C(C)(C)C)cc2-c2ccccc2)c2ccccc2B4c2ccccc2N3c2ccc(C(C)(C)C)cc2-c2ccccc2)cc1. The van der Waals surface area contributed by atoms with E-state index in [1.807, 2.05) is 0 Å². The molecule has 1 aliphatic carbocycles. The Labute approximate surface area is 532 Å². The smallest absolute Gasteiger partial charge is 0.252 e. The lowest BCUT2D eigenvalue weighted by Crippen LogP contribution is -2.61. The number of nitrogens with zero attached hydrogens (tertiary/aromatic N) is 4. The summed E-state index contributed by atoms with van der Waals surface area (Å²) in [7, 11) is 0. The van der Waals surface area contributed by atoms with Crippen molar-refractivity contribution in [2.24, 2.45) is 0 Å².